The molecule has 0 spiro atoms. The van der Waals surface area contributed by atoms with E-state index in [9.17, 15) is 4.39 Å². The topological polar surface area (TPSA) is 40.7 Å². The zero-order valence-corrected chi connectivity index (χ0v) is 11.4. The number of H-pyrrole nitrogens is 1. The Labute approximate surface area is 113 Å². The van der Waals surface area contributed by atoms with Crippen molar-refractivity contribution in [2.45, 2.75) is 5.25 Å². The van der Waals surface area contributed by atoms with E-state index in [-0.39, 0.29) is 5.82 Å². The summed E-state index contributed by atoms with van der Waals surface area (Å²) in [6.45, 7) is 0.903. The van der Waals surface area contributed by atoms with Crippen molar-refractivity contribution in [1.29, 1.82) is 0 Å². The van der Waals surface area contributed by atoms with Crippen LogP contribution in [0.1, 0.15) is 0 Å². The molecule has 1 aliphatic rings. The smallest absolute Gasteiger partial charge is 0.201 e. The summed E-state index contributed by atoms with van der Waals surface area (Å²) >= 11 is 4.01. The van der Waals surface area contributed by atoms with Crippen molar-refractivity contribution < 1.29 is 4.39 Å². The first-order valence-corrected chi connectivity index (χ1v) is 8.10. The number of aromatic nitrogens is 2. The highest BCUT2D eigenvalue weighted by atomic mass is 32.2. The Morgan fingerprint density at radius 3 is 3.22 bits per heavy atom. The summed E-state index contributed by atoms with van der Waals surface area (Å²) in [5, 5.41) is 3.93. The maximum absolute atomic E-state index is 13.0. The van der Waals surface area contributed by atoms with Crippen molar-refractivity contribution in [3.8, 4) is 0 Å². The number of thioether (sulfide) groups is 2. The number of aromatic amines is 1. The average molecular weight is 283 g/mol. The second-order valence-corrected chi connectivity index (χ2v) is 6.75. The molecule has 1 unspecified atom stereocenters. The lowest BCUT2D eigenvalue weighted by Gasteiger charge is -2.20. The molecule has 3 rings (SSSR count). The molecule has 0 saturated carbocycles. The Hall–Kier alpha value is -0.880. The number of fused-ring (bicyclic) bond motifs is 1. The van der Waals surface area contributed by atoms with Gasteiger partial charge in [0.1, 0.15) is 5.82 Å². The molecule has 0 bridgehead atoms. The van der Waals surface area contributed by atoms with Crippen LogP contribution >= 0.6 is 23.5 Å². The molecule has 3 nitrogen and oxygen atoms in total. The zero-order valence-electron chi connectivity index (χ0n) is 9.78. The van der Waals surface area contributed by atoms with Gasteiger partial charge in [-0.2, -0.15) is 23.5 Å². The quantitative estimate of drug-likeness (QED) is 0.908. The Bertz CT molecular complexity index is 537. The van der Waals surface area contributed by atoms with E-state index in [1.165, 1.54) is 29.4 Å². The van der Waals surface area contributed by atoms with E-state index < -0.39 is 0 Å². The van der Waals surface area contributed by atoms with E-state index >= 15 is 0 Å². The van der Waals surface area contributed by atoms with Gasteiger partial charge < -0.3 is 10.3 Å². The number of nitrogens with one attached hydrogen (secondary N) is 2. The molecule has 0 amide bonds. The molecule has 2 N–H and O–H groups in total. The number of hydrogen-bond acceptors (Lipinski definition) is 4. The van der Waals surface area contributed by atoms with Gasteiger partial charge in [-0.05, 0) is 18.2 Å². The summed E-state index contributed by atoms with van der Waals surface area (Å²) in [6.07, 6.45) is 0. The Kier molecular flexibility index (Phi) is 3.65. The standard InChI is InChI=1S/C12H14FN3S2/c13-8-1-2-10-11(5-8)16-12(15-10)14-6-9-7-17-3-4-18-9/h1-2,5,9H,3-4,6-7H2,(H2,14,15,16). The van der Waals surface area contributed by atoms with Crippen LogP contribution in [0.3, 0.4) is 0 Å². The van der Waals surface area contributed by atoms with E-state index in [0.717, 1.165) is 23.5 Å². The second kappa shape index (κ2) is 5.40. The molecular weight excluding hydrogens is 269 g/mol. The monoisotopic (exact) mass is 283 g/mol. The van der Waals surface area contributed by atoms with Gasteiger partial charge in [0.05, 0.1) is 11.0 Å². The Morgan fingerprint density at radius 2 is 2.39 bits per heavy atom. The number of halogens is 1. The highest BCUT2D eigenvalue weighted by Crippen LogP contribution is 2.24. The van der Waals surface area contributed by atoms with E-state index in [0.29, 0.717) is 5.25 Å². The highest BCUT2D eigenvalue weighted by Gasteiger charge is 2.14. The third kappa shape index (κ3) is 2.75. The van der Waals surface area contributed by atoms with Crippen LogP contribution in [0.25, 0.3) is 11.0 Å². The van der Waals surface area contributed by atoms with Crippen LogP contribution in [-0.4, -0.2) is 39.0 Å². The summed E-state index contributed by atoms with van der Waals surface area (Å²) in [5.41, 5.74) is 1.53. The zero-order chi connectivity index (χ0) is 12.4. The van der Waals surface area contributed by atoms with Crippen LogP contribution in [0.15, 0.2) is 18.2 Å². The van der Waals surface area contributed by atoms with Gasteiger partial charge in [-0.15, -0.1) is 0 Å². The van der Waals surface area contributed by atoms with Crippen molar-refractivity contribution in [3.05, 3.63) is 24.0 Å². The van der Waals surface area contributed by atoms with Gasteiger partial charge in [-0.1, -0.05) is 0 Å². The maximum atomic E-state index is 13.0. The SMILES string of the molecule is Fc1ccc2nc(NCC3CSCCS3)[nH]c2c1. The number of benzene rings is 1. The number of nitrogens with zero attached hydrogens (tertiary/aromatic N) is 1. The van der Waals surface area contributed by atoms with Gasteiger partial charge in [0.2, 0.25) is 5.95 Å². The molecule has 96 valence electrons. The molecule has 18 heavy (non-hydrogen) atoms. The van der Waals surface area contributed by atoms with Gasteiger partial charge in [0.15, 0.2) is 0 Å². The summed E-state index contributed by atoms with van der Waals surface area (Å²) in [4.78, 5) is 7.49. The molecule has 2 aromatic rings. The van der Waals surface area contributed by atoms with Crippen molar-refractivity contribution >= 4 is 40.5 Å². The average Bonchev–Trinajstić information content (AvgIpc) is 2.79. The predicted molar refractivity (Wildman–Crippen MR) is 78.1 cm³/mol. The van der Waals surface area contributed by atoms with E-state index in [4.69, 9.17) is 0 Å². The lowest BCUT2D eigenvalue weighted by molar-refractivity contribution is 0.629. The van der Waals surface area contributed by atoms with Crippen LogP contribution < -0.4 is 5.32 Å². The molecule has 1 aromatic carbocycles. The fourth-order valence-corrected chi connectivity index (χ4v) is 4.54. The molecule has 2 heterocycles. The van der Waals surface area contributed by atoms with Crippen molar-refractivity contribution in [3.63, 3.8) is 0 Å². The van der Waals surface area contributed by atoms with Gasteiger partial charge >= 0.3 is 0 Å². The highest BCUT2D eigenvalue weighted by molar-refractivity contribution is 8.06. The number of imidazole rings is 1. The summed E-state index contributed by atoms with van der Waals surface area (Å²) in [5.74, 6) is 4.16. The van der Waals surface area contributed by atoms with Crippen molar-refractivity contribution in [2.75, 3.05) is 29.1 Å². The third-order valence-electron chi connectivity index (χ3n) is 2.83. The maximum Gasteiger partial charge on any atom is 0.201 e. The molecular formula is C12H14FN3S2. The van der Waals surface area contributed by atoms with Crippen LogP contribution in [0, 0.1) is 5.82 Å². The Morgan fingerprint density at radius 1 is 1.44 bits per heavy atom. The largest absolute Gasteiger partial charge is 0.355 e. The summed E-state index contributed by atoms with van der Waals surface area (Å²) in [6, 6.07) is 4.59. The predicted octanol–water partition coefficient (Wildman–Crippen LogP) is 2.96. The second-order valence-electron chi connectivity index (χ2n) is 4.20. The van der Waals surface area contributed by atoms with Crippen LogP contribution in [-0.2, 0) is 0 Å². The lowest BCUT2D eigenvalue weighted by Crippen LogP contribution is -2.23. The van der Waals surface area contributed by atoms with Crippen molar-refractivity contribution in [2.24, 2.45) is 0 Å². The summed E-state index contributed by atoms with van der Waals surface area (Å²) < 4.78 is 13.0. The minimum Gasteiger partial charge on any atom is -0.355 e. The molecule has 6 heteroatoms. The number of rotatable bonds is 3. The van der Waals surface area contributed by atoms with Crippen LogP contribution in [0.4, 0.5) is 10.3 Å². The molecule has 0 aliphatic carbocycles. The van der Waals surface area contributed by atoms with E-state index in [2.05, 4.69) is 15.3 Å². The van der Waals surface area contributed by atoms with E-state index in [1.54, 1.807) is 6.07 Å². The van der Waals surface area contributed by atoms with Gasteiger partial charge in [-0.25, -0.2) is 9.37 Å². The van der Waals surface area contributed by atoms with Gasteiger partial charge in [0, 0.05) is 29.1 Å². The van der Waals surface area contributed by atoms with Gasteiger partial charge in [0.25, 0.3) is 0 Å². The summed E-state index contributed by atoms with van der Waals surface area (Å²) in [7, 11) is 0. The first-order valence-electron chi connectivity index (χ1n) is 5.90. The third-order valence-corrected chi connectivity index (χ3v) is 5.67. The van der Waals surface area contributed by atoms with Crippen molar-refractivity contribution in [1.82, 2.24) is 9.97 Å². The molecule has 0 radical (unpaired) electrons. The molecule has 1 aliphatic heterocycles. The van der Waals surface area contributed by atoms with Crippen LogP contribution in [0.5, 0.6) is 0 Å². The van der Waals surface area contributed by atoms with E-state index in [1.807, 2.05) is 23.5 Å². The lowest BCUT2D eigenvalue weighted by atomic mass is 10.3. The first kappa shape index (κ1) is 12.2. The van der Waals surface area contributed by atoms with Gasteiger partial charge in [-0.3, -0.25) is 0 Å². The minimum absolute atomic E-state index is 0.239. The number of hydrogen-bond donors (Lipinski definition) is 2. The fourth-order valence-electron chi connectivity index (χ4n) is 1.93. The molecule has 1 aromatic heterocycles. The van der Waals surface area contributed by atoms with Crippen LogP contribution in [0.2, 0.25) is 0 Å². The first-order chi connectivity index (χ1) is 8.81. The molecule has 1 saturated heterocycles. The number of anilines is 1. The minimum atomic E-state index is -0.239. The fraction of sp³-hybridized carbons (Fsp3) is 0.417. The molecule has 1 atom stereocenters. The Balaban J connectivity index is 1.67. The molecule has 1 fully saturated rings. The normalized spacial score (nSPS) is 20.2.